The van der Waals surface area contributed by atoms with Crippen LogP contribution in [-0.4, -0.2) is 35.2 Å². The zero-order chi connectivity index (χ0) is 17.9. The molecule has 1 fully saturated rings. The SMILES string of the molecule is O=C(Nc1ccccc1N1CCC(O)CC1)c1ccc2ccccc2n1. The molecule has 2 N–H and O–H groups in total. The van der Waals surface area contributed by atoms with Crippen LogP contribution in [-0.2, 0) is 0 Å². The number of aliphatic hydroxyl groups is 1. The maximum absolute atomic E-state index is 12.7. The van der Waals surface area contributed by atoms with Crippen LogP contribution in [0.15, 0.2) is 60.7 Å². The van der Waals surface area contributed by atoms with Gasteiger partial charge in [-0.3, -0.25) is 4.79 Å². The van der Waals surface area contributed by atoms with Crippen molar-refractivity contribution in [2.24, 2.45) is 0 Å². The van der Waals surface area contributed by atoms with E-state index in [1.807, 2.05) is 54.6 Å². The highest BCUT2D eigenvalue weighted by Gasteiger charge is 2.20. The third-order valence-corrected chi connectivity index (χ3v) is 4.79. The van der Waals surface area contributed by atoms with Gasteiger partial charge in [-0.15, -0.1) is 0 Å². The molecular formula is C21H21N3O2. The van der Waals surface area contributed by atoms with Crippen molar-refractivity contribution in [2.75, 3.05) is 23.3 Å². The molecule has 132 valence electrons. The van der Waals surface area contributed by atoms with Crippen LogP contribution < -0.4 is 10.2 Å². The molecule has 0 spiro atoms. The van der Waals surface area contributed by atoms with Crippen molar-refractivity contribution < 1.29 is 9.90 Å². The highest BCUT2D eigenvalue weighted by Crippen LogP contribution is 2.28. The number of carbonyl (C=O) groups is 1. The molecule has 0 atom stereocenters. The van der Waals surface area contributed by atoms with E-state index in [1.165, 1.54) is 0 Å². The van der Waals surface area contributed by atoms with Crippen LogP contribution in [0.2, 0.25) is 0 Å². The number of hydrogen-bond acceptors (Lipinski definition) is 4. The lowest BCUT2D eigenvalue weighted by Gasteiger charge is -2.32. The van der Waals surface area contributed by atoms with E-state index in [4.69, 9.17) is 0 Å². The third kappa shape index (κ3) is 3.39. The van der Waals surface area contributed by atoms with Gasteiger partial charge in [-0.1, -0.05) is 36.4 Å². The number of benzene rings is 2. The number of rotatable bonds is 3. The van der Waals surface area contributed by atoms with Crippen LogP contribution in [0.4, 0.5) is 11.4 Å². The molecule has 1 aliphatic heterocycles. The molecule has 2 heterocycles. The van der Waals surface area contributed by atoms with Crippen molar-refractivity contribution in [2.45, 2.75) is 18.9 Å². The van der Waals surface area contributed by atoms with E-state index in [1.54, 1.807) is 6.07 Å². The van der Waals surface area contributed by atoms with Crippen LogP contribution in [0.3, 0.4) is 0 Å². The highest BCUT2D eigenvalue weighted by molar-refractivity contribution is 6.05. The number of para-hydroxylation sites is 3. The van der Waals surface area contributed by atoms with Crippen molar-refractivity contribution in [1.82, 2.24) is 4.98 Å². The van der Waals surface area contributed by atoms with Crippen LogP contribution in [0.5, 0.6) is 0 Å². The summed E-state index contributed by atoms with van der Waals surface area (Å²) in [6.07, 6.45) is 1.26. The van der Waals surface area contributed by atoms with Gasteiger partial charge in [0, 0.05) is 18.5 Å². The van der Waals surface area contributed by atoms with Gasteiger partial charge >= 0.3 is 0 Å². The molecule has 0 bridgehead atoms. The lowest BCUT2D eigenvalue weighted by Crippen LogP contribution is -2.36. The Morgan fingerprint density at radius 3 is 2.58 bits per heavy atom. The number of anilines is 2. The number of aromatic nitrogens is 1. The van der Waals surface area contributed by atoms with Crippen molar-refractivity contribution in [3.63, 3.8) is 0 Å². The van der Waals surface area contributed by atoms with Gasteiger partial charge in [0.15, 0.2) is 0 Å². The second kappa shape index (κ2) is 7.14. The molecule has 0 unspecified atom stereocenters. The predicted molar refractivity (Wildman–Crippen MR) is 104 cm³/mol. The summed E-state index contributed by atoms with van der Waals surface area (Å²) in [6.45, 7) is 1.56. The van der Waals surface area contributed by atoms with Gasteiger partial charge in [-0.2, -0.15) is 0 Å². The number of fused-ring (bicyclic) bond motifs is 1. The van der Waals surface area contributed by atoms with E-state index in [0.29, 0.717) is 5.69 Å². The zero-order valence-corrected chi connectivity index (χ0v) is 14.4. The van der Waals surface area contributed by atoms with E-state index < -0.39 is 0 Å². The van der Waals surface area contributed by atoms with Gasteiger partial charge in [0.25, 0.3) is 5.91 Å². The molecule has 4 rings (SSSR count). The van der Waals surface area contributed by atoms with E-state index in [0.717, 1.165) is 48.2 Å². The number of hydrogen-bond donors (Lipinski definition) is 2. The van der Waals surface area contributed by atoms with Crippen LogP contribution in [0.25, 0.3) is 10.9 Å². The smallest absolute Gasteiger partial charge is 0.274 e. The van der Waals surface area contributed by atoms with E-state index in [9.17, 15) is 9.90 Å². The molecule has 1 aromatic heterocycles. The van der Waals surface area contributed by atoms with E-state index in [2.05, 4.69) is 15.2 Å². The fourth-order valence-corrected chi connectivity index (χ4v) is 3.34. The molecular weight excluding hydrogens is 326 g/mol. The molecule has 1 amide bonds. The average molecular weight is 347 g/mol. The Morgan fingerprint density at radius 2 is 1.73 bits per heavy atom. The quantitative estimate of drug-likeness (QED) is 0.762. The van der Waals surface area contributed by atoms with Crippen LogP contribution in [0.1, 0.15) is 23.3 Å². The lowest BCUT2D eigenvalue weighted by atomic mass is 10.1. The molecule has 0 aliphatic carbocycles. The summed E-state index contributed by atoms with van der Waals surface area (Å²) in [5.41, 5.74) is 2.95. The number of aliphatic hydroxyl groups excluding tert-OH is 1. The largest absolute Gasteiger partial charge is 0.393 e. The first-order chi connectivity index (χ1) is 12.7. The Hall–Kier alpha value is -2.92. The standard InChI is InChI=1S/C21H21N3O2/c25-16-11-13-24(14-12-16)20-8-4-3-7-18(20)23-21(26)19-10-9-15-5-1-2-6-17(15)22-19/h1-10,16,25H,11-14H2,(H,23,26). The summed E-state index contributed by atoms with van der Waals surface area (Å²) in [5, 5.41) is 13.7. The van der Waals surface area contributed by atoms with E-state index in [-0.39, 0.29) is 12.0 Å². The van der Waals surface area contributed by atoms with Gasteiger partial charge in [0.2, 0.25) is 0 Å². The average Bonchev–Trinajstić information content (AvgIpc) is 2.69. The molecule has 5 nitrogen and oxygen atoms in total. The van der Waals surface area contributed by atoms with Gasteiger partial charge < -0.3 is 15.3 Å². The van der Waals surface area contributed by atoms with Crippen molar-refractivity contribution >= 4 is 28.2 Å². The Bertz CT molecular complexity index is 933. The fraction of sp³-hybridized carbons (Fsp3) is 0.238. The van der Waals surface area contributed by atoms with Gasteiger partial charge in [0.05, 0.1) is 23.0 Å². The number of piperidine rings is 1. The maximum atomic E-state index is 12.7. The van der Waals surface area contributed by atoms with Crippen molar-refractivity contribution in [1.29, 1.82) is 0 Å². The summed E-state index contributed by atoms with van der Waals surface area (Å²) in [6, 6.07) is 19.2. The molecule has 1 saturated heterocycles. The predicted octanol–water partition coefficient (Wildman–Crippen LogP) is 3.45. The number of nitrogens with zero attached hydrogens (tertiary/aromatic N) is 2. The molecule has 2 aromatic carbocycles. The van der Waals surface area contributed by atoms with Crippen LogP contribution in [0, 0.1) is 0 Å². The Labute approximate surface area is 152 Å². The molecule has 0 saturated carbocycles. The summed E-state index contributed by atoms with van der Waals surface area (Å²) < 4.78 is 0. The second-order valence-corrected chi connectivity index (χ2v) is 6.58. The number of amides is 1. The Balaban J connectivity index is 1.57. The minimum absolute atomic E-state index is 0.222. The van der Waals surface area contributed by atoms with Crippen molar-refractivity contribution in [3.05, 3.63) is 66.4 Å². The van der Waals surface area contributed by atoms with Gasteiger partial charge in [-0.25, -0.2) is 4.98 Å². The first-order valence-corrected chi connectivity index (χ1v) is 8.90. The summed E-state index contributed by atoms with van der Waals surface area (Å²) >= 11 is 0. The normalized spacial score (nSPS) is 15.2. The summed E-state index contributed by atoms with van der Waals surface area (Å²) in [5.74, 6) is -0.222. The van der Waals surface area contributed by atoms with Crippen molar-refractivity contribution in [3.8, 4) is 0 Å². The number of carbonyl (C=O) groups excluding carboxylic acids is 1. The fourth-order valence-electron chi connectivity index (χ4n) is 3.34. The topological polar surface area (TPSA) is 65.5 Å². The number of nitrogens with one attached hydrogen (secondary N) is 1. The Kier molecular flexibility index (Phi) is 4.54. The second-order valence-electron chi connectivity index (χ2n) is 6.58. The zero-order valence-electron chi connectivity index (χ0n) is 14.4. The molecule has 3 aromatic rings. The lowest BCUT2D eigenvalue weighted by molar-refractivity contribution is 0.102. The van der Waals surface area contributed by atoms with Gasteiger partial charge in [-0.05, 0) is 37.1 Å². The summed E-state index contributed by atoms with van der Waals surface area (Å²) in [4.78, 5) is 19.4. The minimum atomic E-state index is -0.227. The first kappa shape index (κ1) is 16.5. The minimum Gasteiger partial charge on any atom is -0.393 e. The molecule has 5 heteroatoms. The van der Waals surface area contributed by atoms with E-state index >= 15 is 0 Å². The number of pyridine rings is 1. The molecule has 26 heavy (non-hydrogen) atoms. The maximum Gasteiger partial charge on any atom is 0.274 e. The molecule has 1 aliphatic rings. The Morgan fingerprint density at radius 1 is 1.00 bits per heavy atom. The molecule has 0 radical (unpaired) electrons. The highest BCUT2D eigenvalue weighted by atomic mass is 16.3. The third-order valence-electron chi connectivity index (χ3n) is 4.79. The van der Waals surface area contributed by atoms with Gasteiger partial charge in [0.1, 0.15) is 5.69 Å². The monoisotopic (exact) mass is 347 g/mol. The first-order valence-electron chi connectivity index (χ1n) is 8.90. The van der Waals surface area contributed by atoms with Crippen LogP contribution >= 0.6 is 0 Å². The summed E-state index contributed by atoms with van der Waals surface area (Å²) in [7, 11) is 0.